The van der Waals surface area contributed by atoms with E-state index in [0.717, 1.165) is 19.3 Å². The summed E-state index contributed by atoms with van der Waals surface area (Å²) in [6.07, 6.45) is 5.81. The molecule has 2 unspecified atom stereocenters. The zero-order valence-corrected chi connectivity index (χ0v) is 17.4. The van der Waals surface area contributed by atoms with Crippen molar-refractivity contribution in [3.8, 4) is 0 Å². The molecule has 4 bridgehead atoms. The van der Waals surface area contributed by atoms with Gasteiger partial charge < -0.3 is 10.4 Å². The molecule has 4 aliphatic rings. The Kier molecular flexibility index (Phi) is 4.26. The number of benzene rings is 1. The first-order valence-corrected chi connectivity index (χ1v) is 10.6. The van der Waals surface area contributed by atoms with Gasteiger partial charge in [-0.15, -0.1) is 0 Å². The number of halogens is 2. The summed E-state index contributed by atoms with van der Waals surface area (Å²) >= 11 is 6.41. The molecule has 4 saturated carbocycles. The Morgan fingerprint density at radius 2 is 2.00 bits per heavy atom. The van der Waals surface area contributed by atoms with Crippen LogP contribution in [0.25, 0.3) is 0 Å². The van der Waals surface area contributed by atoms with Crippen LogP contribution in [0.4, 0.5) is 15.8 Å². The number of carboxylic acids is 1. The van der Waals surface area contributed by atoms with E-state index in [1.165, 1.54) is 16.9 Å². The second-order valence-electron chi connectivity index (χ2n) is 9.45. The minimum absolute atomic E-state index is 0.0221. The molecular weight excluding hydrogens is 409 g/mol. The maximum Gasteiger partial charge on any atom is 0.309 e. The van der Waals surface area contributed by atoms with E-state index in [0.29, 0.717) is 48.0 Å². The van der Waals surface area contributed by atoms with Crippen molar-refractivity contribution >= 4 is 28.9 Å². The van der Waals surface area contributed by atoms with Crippen molar-refractivity contribution in [2.45, 2.75) is 51.0 Å². The van der Waals surface area contributed by atoms with E-state index in [4.69, 9.17) is 11.6 Å². The number of carboxylic acid groups (broad SMARTS) is 1. The summed E-state index contributed by atoms with van der Waals surface area (Å²) in [6, 6.07) is 4.68. The maximum atomic E-state index is 13.8. The molecule has 0 aliphatic heterocycles. The average molecular weight is 432 g/mol. The SMILES string of the molecule is Cc1ccc(Nc2cnn(C34C[C@@H]5C[C@@H](CC(C(=O)O)(C5)C3)C4)c(=O)c2Cl)cc1F. The van der Waals surface area contributed by atoms with Gasteiger partial charge in [0.25, 0.3) is 5.56 Å². The molecule has 0 amide bonds. The molecule has 0 radical (unpaired) electrons. The fourth-order valence-corrected chi connectivity index (χ4v) is 6.57. The predicted molar refractivity (Wildman–Crippen MR) is 111 cm³/mol. The summed E-state index contributed by atoms with van der Waals surface area (Å²) in [5.74, 6) is -0.531. The number of carbonyl (C=O) groups is 1. The standard InChI is InChI=1S/C22H23ClFN3O3/c1-12-2-3-15(5-16(12)24)26-17-10-25-27(19(28)18(17)23)22-8-13-4-14(9-22)7-21(6-13,11-22)20(29)30/h2-3,5,10,13-14,26H,4,6-9,11H2,1H3,(H,29,30)/t13-,14+,21?,22?. The van der Waals surface area contributed by atoms with Gasteiger partial charge in [0.15, 0.2) is 0 Å². The van der Waals surface area contributed by atoms with Crippen molar-refractivity contribution in [1.82, 2.24) is 9.78 Å². The predicted octanol–water partition coefficient (Wildman–Crippen LogP) is 4.47. The van der Waals surface area contributed by atoms with E-state index >= 15 is 0 Å². The summed E-state index contributed by atoms with van der Waals surface area (Å²) in [5, 5.41) is 17.3. The Labute approximate surface area is 178 Å². The van der Waals surface area contributed by atoms with Crippen molar-refractivity contribution < 1.29 is 14.3 Å². The Hall–Kier alpha value is -2.41. The van der Waals surface area contributed by atoms with Crippen LogP contribution in [0.2, 0.25) is 5.02 Å². The molecule has 158 valence electrons. The van der Waals surface area contributed by atoms with Crippen molar-refractivity contribution in [1.29, 1.82) is 0 Å². The molecule has 6 rings (SSSR count). The number of hydrogen-bond donors (Lipinski definition) is 2. The third-order valence-electron chi connectivity index (χ3n) is 7.30. The molecule has 1 heterocycles. The second-order valence-corrected chi connectivity index (χ2v) is 9.83. The van der Waals surface area contributed by atoms with E-state index < -0.39 is 22.5 Å². The monoisotopic (exact) mass is 431 g/mol. The van der Waals surface area contributed by atoms with Gasteiger partial charge >= 0.3 is 5.97 Å². The first-order valence-electron chi connectivity index (χ1n) is 10.3. The first-order chi connectivity index (χ1) is 14.2. The van der Waals surface area contributed by atoms with Crippen LogP contribution in [0, 0.1) is 30.0 Å². The van der Waals surface area contributed by atoms with Crippen LogP contribution in [-0.2, 0) is 10.3 Å². The molecule has 0 spiro atoms. The summed E-state index contributed by atoms with van der Waals surface area (Å²) in [4.78, 5) is 25.3. The lowest BCUT2D eigenvalue weighted by Crippen LogP contribution is -2.61. The van der Waals surface area contributed by atoms with E-state index in [-0.39, 0.29) is 10.8 Å². The lowest BCUT2D eigenvalue weighted by molar-refractivity contribution is -0.173. The van der Waals surface area contributed by atoms with Crippen molar-refractivity contribution in [3.05, 3.63) is 51.2 Å². The van der Waals surface area contributed by atoms with Crippen LogP contribution >= 0.6 is 11.6 Å². The molecule has 4 aliphatic carbocycles. The molecule has 2 aromatic rings. The molecule has 6 nitrogen and oxygen atoms in total. The van der Waals surface area contributed by atoms with Crippen molar-refractivity contribution in [3.63, 3.8) is 0 Å². The van der Waals surface area contributed by atoms with Gasteiger partial charge in [-0.25, -0.2) is 9.07 Å². The molecule has 1 aromatic carbocycles. The number of aromatic nitrogens is 2. The Balaban J connectivity index is 1.52. The molecule has 30 heavy (non-hydrogen) atoms. The van der Waals surface area contributed by atoms with Gasteiger partial charge in [-0.3, -0.25) is 9.59 Å². The molecule has 1 aromatic heterocycles. The van der Waals surface area contributed by atoms with E-state index in [2.05, 4.69) is 10.4 Å². The minimum atomic E-state index is -0.770. The fourth-order valence-electron chi connectivity index (χ4n) is 6.40. The van der Waals surface area contributed by atoms with Gasteiger partial charge in [0, 0.05) is 5.69 Å². The van der Waals surface area contributed by atoms with E-state index in [1.807, 2.05) is 0 Å². The third kappa shape index (κ3) is 2.86. The second kappa shape index (κ2) is 6.54. The van der Waals surface area contributed by atoms with E-state index in [1.54, 1.807) is 19.1 Å². The van der Waals surface area contributed by atoms with Crippen LogP contribution in [0.5, 0.6) is 0 Å². The number of hydrogen-bond acceptors (Lipinski definition) is 4. The molecule has 8 heteroatoms. The van der Waals surface area contributed by atoms with Crippen LogP contribution in [-0.4, -0.2) is 20.9 Å². The third-order valence-corrected chi connectivity index (χ3v) is 7.67. The van der Waals surface area contributed by atoms with Gasteiger partial charge in [0.2, 0.25) is 0 Å². The molecule has 4 atom stereocenters. The highest BCUT2D eigenvalue weighted by atomic mass is 35.5. The Morgan fingerprint density at radius 1 is 1.30 bits per heavy atom. The average Bonchev–Trinajstić information content (AvgIpc) is 2.67. The smallest absolute Gasteiger partial charge is 0.309 e. The fraction of sp³-hybridized carbons (Fsp3) is 0.500. The molecular formula is C22H23ClFN3O3. The summed E-state index contributed by atoms with van der Waals surface area (Å²) in [7, 11) is 0. The van der Waals surface area contributed by atoms with Gasteiger partial charge in [-0.1, -0.05) is 17.7 Å². The largest absolute Gasteiger partial charge is 0.481 e. The number of aliphatic carboxylic acids is 1. The minimum Gasteiger partial charge on any atom is -0.481 e. The van der Waals surface area contributed by atoms with Crippen molar-refractivity contribution in [2.75, 3.05) is 5.32 Å². The van der Waals surface area contributed by atoms with Gasteiger partial charge in [-0.05, 0) is 75.0 Å². The molecule has 4 fully saturated rings. The van der Waals surface area contributed by atoms with Gasteiger partial charge in [-0.2, -0.15) is 5.10 Å². The van der Waals surface area contributed by atoms with Crippen LogP contribution in [0.15, 0.2) is 29.2 Å². The Morgan fingerprint density at radius 3 is 2.63 bits per heavy atom. The van der Waals surface area contributed by atoms with E-state index in [9.17, 15) is 19.1 Å². The number of aryl methyl sites for hydroxylation is 1. The van der Waals surface area contributed by atoms with Crippen LogP contribution < -0.4 is 10.9 Å². The van der Waals surface area contributed by atoms with Crippen molar-refractivity contribution in [2.24, 2.45) is 17.3 Å². The summed E-state index contributed by atoms with van der Waals surface area (Å²) in [6.45, 7) is 1.67. The lowest BCUT2D eigenvalue weighted by atomic mass is 9.47. The topological polar surface area (TPSA) is 84.2 Å². The zero-order chi connectivity index (χ0) is 21.3. The number of anilines is 2. The van der Waals surface area contributed by atoms with Gasteiger partial charge in [0.05, 0.1) is 22.8 Å². The first kappa shape index (κ1) is 19.5. The van der Waals surface area contributed by atoms with Gasteiger partial charge in [0.1, 0.15) is 10.8 Å². The highest BCUT2D eigenvalue weighted by Gasteiger charge is 2.62. The Bertz CT molecular complexity index is 1100. The highest BCUT2D eigenvalue weighted by molar-refractivity contribution is 6.33. The number of nitrogens with zero attached hydrogens (tertiary/aromatic N) is 2. The highest BCUT2D eigenvalue weighted by Crippen LogP contribution is 2.63. The maximum absolute atomic E-state index is 13.8. The number of rotatable bonds is 4. The normalized spacial score (nSPS) is 31.7. The van der Waals surface area contributed by atoms with Crippen LogP contribution in [0.1, 0.15) is 44.1 Å². The molecule has 2 N–H and O–H groups in total. The quantitative estimate of drug-likeness (QED) is 0.746. The number of nitrogens with one attached hydrogen (secondary N) is 1. The molecule has 0 saturated heterocycles. The summed E-state index contributed by atoms with van der Waals surface area (Å²) in [5.41, 5.74) is -0.505. The summed E-state index contributed by atoms with van der Waals surface area (Å²) < 4.78 is 15.3. The lowest BCUT2D eigenvalue weighted by Gasteiger charge is -2.60. The van der Waals surface area contributed by atoms with Crippen LogP contribution in [0.3, 0.4) is 0 Å². The zero-order valence-electron chi connectivity index (χ0n) is 16.6.